The Morgan fingerprint density at radius 1 is 1.62 bits per heavy atom. The zero-order chi connectivity index (χ0) is 9.68. The quantitative estimate of drug-likeness (QED) is 0.658. The van der Waals surface area contributed by atoms with E-state index in [1.807, 2.05) is 13.0 Å². The highest BCUT2D eigenvalue weighted by molar-refractivity contribution is 5.50. The fraction of sp³-hybridized carbons (Fsp3) is 0.400. The average Bonchev–Trinajstić information content (AvgIpc) is 2.15. The van der Waals surface area contributed by atoms with Crippen LogP contribution in [0.1, 0.15) is 17.5 Å². The molecule has 1 heterocycles. The second kappa shape index (κ2) is 4.60. The molecular weight excluding hydrogens is 166 g/mol. The third-order valence-electron chi connectivity index (χ3n) is 1.83. The maximum absolute atomic E-state index is 10.1. The van der Waals surface area contributed by atoms with Crippen LogP contribution in [0.4, 0.5) is 0 Å². The molecule has 0 aliphatic rings. The summed E-state index contributed by atoms with van der Waals surface area (Å²) in [5.41, 5.74) is 2.08. The Hall–Kier alpha value is -1.38. The highest BCUT2D eigenvalue weighted by Crippen LogP contribution is 2.15. The van der Waals surface area contributed by atoms with Gasteiger partial charge in [-0.05, 0) is 25.0 Å². The Kier molecular flexibility index (Phi) is 3.43. The van der Waals surface area contributed by atoms with Crippen LogP contribution in [-0.2, 0) is 11.2 Å². The van der Waals surface area contributed by atoms with Gasteiger partial charge in [0, 0.05) is 18.2 Å². The second-order valence-electron chi connectivity index (χ2n) is 2.88. The normalized spacial score (nSPS) is 9.69. The largest absolute Gasteiger partial charge is 0.481 e. The Balaban J connectivity index is 2.76. The number of rotatable bonds is 4. The first kappa shape index (κ1) is 9.71. The fourth-order valence-electron chi connectivity index (χ4n) is 1.20. The van der Waals surface area contributed by atoms with Crippen LogP contribution in [0.3, 0.4) is 0 Å². The lowest BCUT2D eigenvalue weighted by molar-refractivity contribution is -0.107. The van der Waals surface area contributed by atoms with Gasteiger partial charge in [-0.2, -0.15) is 0 Å². The molecule has 0 saturated carbocycles. The van der Waals surface area contributed by atoms with Gasteiger partial charge in [0.25, 0.3) is 0 Å². The number of aryl methyl sites for hydroxylation is 2. The Morgan fingerprint density at radius 3 is 2.92 bits per heavy atom. The third-order valence-corrected chi connectivity index (χ3v) is 1.83. The van der Waals surface area contributed by atoms with Crippen molar-refractivity contribution in [3.05, 3.63) is 23.4 Å². The molecule has 13 heavy (non-hydrogen) atoms. The van der Waals surface area contributed by atoms with Crippen molar-refractivity contribution in [2.45, 2.75) is 19.8 Å². The second-order valence-corrected chi connectivity index (χ2v) is 2.88. The summed E-state index contributed by atoms with van der Waals surface area (Å²) in [7, 11) is 1.60. The molecule has 3 nitrogen and oxygen atoms in total. The standard InChI is InChI=1S/C10H13NO2/c1-8-6-9(4-3-5-12)7-11-10(8)13-2/h5-7H,3-4H2,1-2H3. The van der Waals surface area contributed by atoms with E-state index in [1.54, 1.807) is 13.3 Å². The highest BCUT2D eigenvalue weighted by Gasteiger charge is 2.00. The van der Waals surface area contributed by atoms with Crippen molar-refractivity contribution in [2.75, 3.05) is 7.11 Å². The maximum atomic E-state index is 10.1. The molecule has 0 aliphatic heterocycles. The Bertz CT molecular complexity index is 297. The molecule has 0 atom stereocenters. The number of aromatic nitrogens is 1. The predicted octanol–water partition coefficient (Wildman–Crippen LogP) is 1.53. The predicted molar refractivity (Wildman–Crippen MR) is 49.9 cm³/mol. The summed E-state index contributed by atoms with van der Waals surface area (Å²) in [4.78, 5) is 14.3. The third kappa shape index (κ3) is 2.54. The SMILES string of the molecule is COc1ncc(CCC=O)cc1C. The van der Waals surface area contributed by atoms with Crippen molar-refractivity contribution in [3.8, 4) is 5.88 Å². The van der Waals surface area contributed by atoms with E-state index in [-0.39, 0.29) is 0 Å². The smallest absolute Gasteiger partial charge is 0.215 e. The number of ether oxygens (including phenoxy) is 1. The van der Waals surface area contributed by atoms with E-state index in [0.29, 0.717) is 12.3 Å². The van der Waals surface area contributed by atoms with Crippen molar-refractivity contribution in [2.24, 2.45) is 0 Å². The number of aldehydes is 1. The van der Waals surface area contributed by atoms with Gasteiger partial charge in [0.05, 0.1) is 7.11 Å². The first-order chi connectivity index (χ1) is 6.27. The average molecular weight is 179 g/mol. The van der Waals surface area contributed by atoms with Gasteiger partial charge in [-0.1, -0.05) is 0 Å². The number of pyridine rings is 1. The van der Waals surface area contributed by atoms with Crippen LogP contribution < -0.4 is 4.74 Å². The number of carbonyl (C=O) groups excluding carboxylic acids is 1. The molecule has 0 aliphatic carbocycles. The lowest BCUT2D eigenvalue weighted by Crippen LogP contribution is -1.94. The summed E-state index contributed by atoms with van der Waals surface area (Å²) in [6.07, 6.45) is 3.96. The zero-order valence-corrected chi connectivity index (χ0v) is 7.91. The van der Waals surface area contributed by atoms with Gasteiger partial charge in [0.2, 0.25) is 5.88 Å². The van der Waals surface area contributed by atoms with E-state index in [9.17, 15) is 4.79 Å². The van der Waals surface area contributed by atoms with Crippen LogP contribution in [-0.4, -0.2) is 18.4 Å². The highest BCUT2D eigenvalue weighted by atomic mass is 16.5. The van der Waals surface area contributed by atoms with Gasteiger partial charge in [0.15, 0.2) is 0 Å². The van der Waals surface area contributed by atoms with E-state index in [1.165, 1.54) is 0 Å². The Labute approximate surface area is 77.8 Å². The monoisotopic (exact) mass is 179 g/mol. The number of carbonyl (C=O) groups is 1. The molecule has 0 spiro atoms. The van der Waals surface area contributed by atoms with Crippen molar-refractivity contribution in [1.29, 1.82) is 0 Å². The minimum atomic E-state index is 0.549. The molecule has 0 amide bonds. The lowest BCUT2D eigenvalue weighted by Gasteiger charge is -2.04. The molecular formula is C10H13NO2. The molecule has 0 radical (unpaired) electrons. The molecule has 1 aromatic heterocycles. The van der Waals surface area contributed by atoms with Crippen LogP contribution in [0.15, 0.2) is 12.3 Å². The van der Waals surface area contributed by atoms with E-state index in [4.69, 9.17) is 4.74 Å². The van der Waals surface area contributed by atoms with Gasteiger partial charge in [0.1, 0.15) is 6.29 Å². The van der Waals surface area contributed by atoms with Gasteiger partial charge in [-0.25, -0.2) is 4.98 Å². The van der Waals surface area contributed by atoms with E-state index in [0.717, 1.165) is 23.8 Å². The Morgan fingerprint density at radius 2 is 2.38 bits per heavy atom. The molecule has 0 unspecified atom stereocenters. The van der Waals surface area contributed by atoms with E-state index in [2.05, 4.69) is 4.98 Å². The summed E-state index contributed by atoms with van der Waals surface area (Å²) in [6.45, 7) is 1.94. The maximum Gasteiger partial charge on any atom is 0.215 e. The number of hydrogen-bond acceptors (Lipinski definition) is 3. The zero-order valence-electron chi connectivity index (χ0n) is 7.91. The van der Waals surface area contributed by atoms with E-state index >= 15 is 0 Å². The molecule has 1 rings (SSSR count). The summed E-state index contributed by atoms with van der Waals surface area (Å²) in [6, 6.07) is 2.00. The molecule has 0 fully saturated rings. The molecule has 3 heteroatoms. The van der Waals surface area contributed by atoms with Crippen molar-refractivity contribution in [3.63, 3.8) is 0 Å². The van der Waals surface area contributed by atoms with Crippen molar-refractivity contribution < 1.29 is 9.53 Å². The van der Waals surface area contributed by atoms with Crippen LogP contribution >= 0.6 is 0 Å². The fourth-order valence-corrected chi connectivity index (χ4v) is 1.20. The minimum Gasteiger partial charge on any atom is -0.481 e. The van der Waals surface area contributed by atoms with Crippen LogP contribution in [0, 0.1) is 6.92 Å². The minimum absolute atomic E-state index is 0.549. The summed E-state index contributed by atoms with van der Waals surface area (Å²) < 4.78 is 5.02. The number of hydrogen-bond donors (Lipinski definition) is 0. The first-order valence-corrected chi connectivity index (χ1v) is 4.21. The number of methoxy groups -OCH3 is 1. The van der Waals surface area contributed by atoms with Crippen molar-refractivity contribution >= 4 is 6.29 Å². The molecule has 70 valence electrons. The van der Waals surface area contributed by atoms with Gasteiger partial charge in [-0.15, -0.1) is 0 Å². The lowest BCUT2D eigenvalue weighted by atomic mass is 10.1. The van der Waals surface area contributed by atoms with Gasteiger partial charge in [-0.3, -0.25) is 0 Å². The van der Waals surface area contributed by atoms with Gasteiger partial charge < -0.3 is 9.53 Å². The van der Waals surface area contributed by atoms with Crippen LogP contribution in [0.5, 0.6) is 5.88 Å². The van der Waals surface area contributed by atoms with Crippen molar-refractivity contribution in [1.82, 2.24) is 4.98 Å². The first-order valence-electron chi connectivity index (χ1n) is 4.21. The molecule has 0 aromatic carbocycles. The molecule has 0 N–H and O–H groups in total. The topological polar surface area (TPSA) is 39.2 Å². The van der Waals surface area contributed by atoms with Crippen LogP contribution in [0.25, 0.3) is 0 Å². The molecule has 1 aromatic rings. The molecule has 0 bridgehead atoms. The number of nitrogens with zero attached hydrogens (tertiary/aromatic N) is 1. The van der Waals surface area contributed by atoms with Gasteiger partial charge >= 0.3 is 0 Å². The summed E-state index contributed by atoms with van der Waals surface area (Å²) in [5, 5.41) is 0. The van der Waals surface area contributed by atoms with Crippen LogP contribution in [0.2, 0.25) is 0 Å². The van der Waals surface area contributed by atoms with E-state index < -0.39 is 0 Å². The summed E-state index contributed by atoms with van der Waals surface area (Å²) >= 11 is 0. The molecule has 0 saturated heterocycles. The summed E-state index contributed by atoms with van der Waals surface area (Å²) in [5.74, 6) is 0.648.